The zero-order chi connectivity index (χ0) is 18.0. The number of hydrogen-bond acceptors (Lipinski definition) is 4. The Bertz CT molecular complexity index is 770. The molecule has 5 heteroatoms. The Morgan fingerprint density at radius 2 is 2.04 bits per heavy atom. The standard InChI is InChI=1S/C21H24N2O3/c1-16-5-2-3-7-19(16)20(24)23-11-8-21(9-12-23)13-18(15-25-21)26-17-6-4-10-22-14-17/h2-7,10,14,18H,8-9,11-13,15H2,1H3/t18-/m0/s1. The number of hydrogen-bond donors (Lipinski definition) is 0. The van der Waals surface area contributed by atoms with Gasteiger partial charge in [-0.05, 0) is 43.5 Å². The molecule has 2 aliphatic rings. The van der Waals surface area contributed by atoms with Crippen molar-refractivity contribution < 1.29 is 14.3 Å². The van der Waals surface area contributed by atoms with Crippen molar-refractivity contribution in [2.45, 2.75) is 37.9 Å². The number of carbonyl (C=O) groups excluding carboxylic acids is 1. The van der Waals surface area contributed by atoms with Gasteiger partial charge in [0.05, 0.1) is 18.4 Å². The lowest BCUT2D eigenvalue weighted by molar-refractivity contribution is -0.0395. The van der Waals surface area contributed by atoms with Crippen molar-refractivity contribution in [1.82, 2.24) is 9.88 Å². The van der Waals surface area contributed by atoms with Crippen LogP contribution in [0.4, 0.5) is 0 Å². The normalized spacial score (nSPS) is 21.7. The first-order chi connectivity index (χ1) is 12.7. The Kier molecular flexibility index (Phi) is 4.64. The molecular formula is C21H24N2O3. The Morgan fingerprint density at radius 1 is 1.23 bits per heavy atom. The van der Waals surface area contributed by atoms with Crippen molar-refractivity contribution in [3.8, 4) is 5.75 Å². The molecular weight excluding hydrogens is 328 g/mol. The third-order valence-electron chi connectivity index (χ3n) is 5.45. The van der Waals surface area contributed by atoms with Crippen molar-refractivity contribution in [2.75, 3.05) is 19.7 Å². The Hall–Kier alpha value is -2.40. The van der Waals surface area contributed by atoms with E-state index in [-0.39, 0.29) is 17.6 Å². The molecule has 1 aromatic carbocycles. The fourth-order valence-electron chi connectivity index (χ4n) is 3.94. The summed E-state index contributed by atoms with van der Waals surface area (Å²) in [4.78, 5) is 18.8. The molecule has 4 rings (SSSR count). The third-order valence-corrected chi connectivity index (χ3v) is 5.45. The van der Waals surface area contributed by atoms with Gasteiger partial charge in [-0.25, -0.2) is 0 Å². The molecule has 1 spiro atoms. The zero-order valence-corrected chi connectivity index (χ0v) is 15.1. The van der Waals surface area contributed by atoms with Gasteiger partial charge in [0.1, 0.15) is 11.9 Å². The van der Waals surface area contributed by atoms with Gasteiger partial charge in [-0.2, -0.15) is 0 Å². The molecule has 0 bridgehead atoms. The molecule has 2 fully saturated rings. The average molecular weight is 352 g/mol. The first-order valence-corrected chi connectivity index (χ1v) is 9.21. The molecule has 26 heavy (non-hydrogen) atoms. The zero-order valence-electron chi connectivity index (χ0n) is 15.1. The van der Waals surface area contributed by atoms with E-state index in [9.17, 15) is 4.79 Å². The van der Waals surface area contributed by atoms with E-state index in [1.54, 1.807) is 12.4 Å². The number of piperidine rings is 1. The topological polar surface area (TPSA) is 51.7 Å². The molecule has 0 radical (unpaired) electrons. The SMILES string of the molecule is Cc1ccccc1C(=O)N1CCC2(CC1)C[C@H](Oc1cccnc1)CO2. The summed E-state index contributed by atoms with van der Waals surface area (Å²) in [7, 11) is 0. The minimum atomic E-state index is -0.157. The van der Waals surface area contributed by atoms with Crippen molar-refractivity contribution in [3.63, 3.8) is 0 Å². The number of aryl methyl sites for hydroxylation is 1. The second-order valence-electron chi connectivity index (χ2n) is 7.23. The number of amides is 1. The van der Waals surface area contributed by atoms with Gasteiger partial charge < -0.3 is 14.4 Å². The maximum atomic E-state index is 12.8. The maximum absolute atomic E-state index is 12.8. The summed E-state index contributed by atoms with van der Waals surface area (Å²) in [6, 6.07) is 11.6. The summed E-state index contributed by atoms with van der Waals surface area (Å²) in [5.41, 5.74) is 1.67. The largest absolute Gasteiger partial charge is 0.486 e. The van der Waals surface area contributed by atoms with E-state index in [0.29, 0.717) is 6.61 Å². The first kappa shape index (κ1) is 17.0. The number of ether oxygens (including phenoxy) is 2. The van der Waals surface area contributed by atoms with Gasteiger partial charge in [-0.3, -0.25) is 9.78 Å². The lowest BCUT2D eigenvalue weighted by Gasteiger charge is -2.38. The van der Waals surface area contributed by atoms with Gasteiger partial charge in [0.15, 0.2) is 0 Å². The van der Waals surface area contributed by atoms with Crippen LogP contribution < -0.4 is 4.74 Å². The summed E-state index contributed by atoms with van der Waals surface area (Å²) >= 11 is 0. The van der Waals surface area contributed by atoms with E-state index in [0.717, 1.165) is 49.2 Å². The molecule has 2 saturated heterocycles. The van der Waals surface area contributed by atoms with E-state index in [1.807, 2.05) is 48.2 Å². The fraction of sp³-hybridized carbons (Fsp3) is 0.429. The quantitative estimate of drug-likeness (QED) is 0.851. The van der Waals surface area contributed by atoms with E-state index in [4.69, 9.17) is 9.47 Å². The van der Waals surface area contributed by atoms with Crippen molar-refractivity contribution in [1.29, 1.82) is 0 Å². The van der Waals surface area contributed by atoms with E-state index >= 15 is 0 Å². The van der Waals surface area contributed by atoms with Gasteiger partial charge in [0.2, 0.25) is 0 Å². The van der Waals surface area contributed by atoms with Crippen LogP contribution in [-0.2, 0) is 4.74 Å². The van der Waals surface area contributed by atoms with Crippen LogP contribution in [0.1, 0.15) is 35.2 Å². The summed E-state index contributed by atoms with van der Waals surface area (Å²) in [5, 5.41) is 0. The predicted molar refractivity (Wildman–Crippen MR) is 98.3 cm³/mol. The lowest BCUT2D eigenvalue weighted by Crippen LogP contribution is -2.46. The monoisotopic (exact) mass is 352 g/mol. The average Bonchev–Trinajstić information content (AvgIpc) is 3.05. The van der Waals surface area contributed by atoms with Gasteiger partial charge in [-0.1, -0.05) is 18.2 Å². The molecule has 3 heterocycles. The highest BCUT2D eigenvalue weighted by molar-refractivity contribution is 5.95. The second-order valence-corrected chi connectivity index (χ2v) is 7.23. The number of aromatic nitrogens is 1. The van der Waals surface area contributed by atoms with E-state index in [1.165, 1.54) is 0 Å². The summed E-state index contributed by atoms with van der Waals surface area (Å²) in [5.74, 6) is 0.907. The van der Waals surface area contributed by atoms with Crippen molar-refractivity contribution in [3.05, 3.63) is 59.9 Å². The van der Waals surface area contributed by atoms with E-state index in [2.05, 4.69) is 4.98 Å². The van der Waals surface area contributed by atoms with Crippen LogP contribution in [0.3, 0.4) is 0 Å². The number of nitrogens with zero attached hydrogens (tertiary/aromatic N) is 2. The highest BCUT2D eigenvalue weighted by Crippen LogP contribution is 2.37. The molecule has 1 aromatic heterocycles. The van der Waals surface area contributed by atoms with Crippen LogP contribution >= 0.6 is 0 Å². The summed E-state index contributed by atoms with van der Waals surface area (Å²) in [6.45, 7) is 4.04. The fourth-order valence-corrected chi connectivity index (χ4v) is 3.94. The van der Waals surface area contributed by atoms with Crippen LogP contribution in [0.25, 0.3) is 0 Å². The molecule has 2 aromatic rings. The molecule has 0 N–H and O–H groups in total. The maximum Gasteiger partial charge on any atom is 0.254 e. The molecule has 0 unspecified atom stereocenters. The minimum absolute atomic E-state index is 0.0535. The molecule has 0 saturated carbocycles. The molecule has 2 aliphatic heterocycles. The molecule has 0 aliphatic carbocycles. The Morgan fingerprint density at radius 3 is 2.77 bits per heavy atom. The Labute approximate surface area is 153 Å². The second kappa shape index (κ2) is 7.08. The minimum Gasteiger partial charge on any atom is -0.486 e. The number of likely N-dealkylation sites (tertiary alicyclic amines) is 1. The highest BCUT2D eigenvalue weighted by Gasteiger charge is 2.44. The van der Waals surface area contributed by atoms with Crippen molar-refractivity contribution >= 4 is 5.91 Å². The van der Waals surface area contributed by atoms with Gasteiger partial charge in [0.25, 0.3) is 5.91 Å². The Balaban J connectivity index is 1.35. The molecule has 5 nitrogen and oxygen atoms in total. The van der Waals surface area contributed by atoms with Crippen LogP contribution in [-0.4, -0.2) is 47.2 Å². The number of benzene rings is 1. The van der Waals surface area contributed by atoms with Gasteiger partial charge in [0, 0.05) is 31.3 Å². The van der Waals surface area contributed by atoms with Gasteiger partial charge >= 0.3 is 0 Å². The number of pyridine rings is 1. The van der Waals surface area contributed by atoms with Crippen LogP contribution in [0, 0.1) is 6.92 Å². The van der Waals surface area contributed by atoms with Crippen LogP contribution in [0.5, 0.6) is 5.75 Å². The van der Waals surface area contributed by atoms with Gasteiger partial charge in [-0.15, -0.1) is 0 Å². The van der Waals surface area contributed by atoms with Crippen molar-refractivity contribution in [2.24, 2.45) is 0 Å². The number of rotatable bonds is 3. The first-order valence-electron chi connectivity index (χ1n) is 9.21. The number of carbonyl (C=O) groups is 1. The molecule has 136 valence electrons. The molecule has 1 amide bonds. The highest BCUT2D eigenvalue weighted by atomic mass is 16.6. The molecule has 1 atom stereocenters. The summed E-state index contributed by atoms with van der Waals surface area (Å²) in [6.07, 6.45) is 6.11. The summed E-state index contributed by atoms with van der Waals surface area (Å²) < 4.78 is 12.1. The van der Waals surface area contributed by atoms with E-state index < -0.39 is 0 Å². The third kappa shape index (κ3) is 3.44. The lowest BCUT2D eigenvalue weighted by atomic mass is 9.87. The van der Waals surface area contributed by atoms with Crippen LogP contribution in [0.2, 0.25) is 0 Å². The smallest absolute Gasteiger partial charge is 0.254 e. The van der Waals surface area contributed by atoms with Crippen LogP contribution in [0.15, 0.2) is 48.8 Å². The predicted octanol–water partition coefficient (Wildman–Crippen LogP) is 3.23.